The molecule has 2 aliphatic rings. The van der Waals surface area contributed by atoms with Gasteiger partial charge in [-0.1, -0.05) is 44.4 Å². The third kappa shape index (κ3) is 3.52. The van der Waals surface area contributed by atoms with Gasteiger partial charge in [-0.25, -0.2) is 4.68 Å². The number of piperazine rings is 1. The second-order valence-electron chi connectivity index (χ2n) is 9.30. The third-order valence-electron chi connectivity index (χ3n) is 7.51. The predicted molar refractivity (Wildman–Crippen MR) is 127 cm³/mol. The van der Waals surface area contributed by atoms with E-state index in [1.807, 2.05) is 40.7 Å². The molecule has 0 radical (unpaired) electrons. The maximum absolute atomic E-state index is 13.8. The molecule has 1 unspecified atom stereocenters. The first kappa shape index (κ1) is 21.2. The molecule has 1 saturated carbocycles. The highest BCUT2D eigenvalue weighted by Crippen LogP contribution is 2.32. The lowest BCUT2D eigenvalue weighted by Gasteiger charge is -2.41. The molecule has 0 bridgehead atoms. The molecule has 3 aromatic rings. The lowest BCUT2D eigenvalue weighted by atomic mass is 9.94. The molecule has 0 spiro atoms. The highest BCUT2D eigenvalue weighted by atomic mass is 16.2. The van der Waals surface area contributed by atoms with Crippen molar-refractivity contribution < 1.29 is 4.79 Å². The molecule has 1 aliphatic heterocycles. The number of rotatable bonds is 4. The van der Waals surface area contributed by atoms with Crippen molar-refractivity contribution in [3.05, 3.63) is 40.8 Å². The van der Waals surface area contributed by atoms with Gasteiger partial charge in [0.25, 0.3) is 5.56 Å². The van der Waals surface area contributed by atoms with Gasteiger partial charge in [0.2, 0.25) is 5.91 Å². The first-order valence-electron chi connectivity index (χ1n) is 12.1. The van der Waals surface area contributed by atoms with E-state index in [0.717, 1.165) is 42.5 Å². The summed E-state index contributed by atoms with van der Waals surface area (Å²) in [5.41, 5.74) is 1.34. The highest BCUT2D eigenvalue weighted by Gasteiger charge is 2.32. The fourth-order valence-electron chi connectivity index (χ4n) is 5.74. The molecule has 7 nitrogen and oxygen atoms in total. The molecule has 32 heavy (non-hydrogen) atoms. The summed E-state index contributed by atoms with van der Waals surface area (Å²) < 4.78 is 3.34. The van der Waals surface area contributed by atoms with Crippen LogP contribution in [-0.4, -0.2) is 62.3 Å². The molecule has 1 saturated heterocycles. The summed E-state index contributed by atoms with van der Waals surface area (Å²) in [6.45, 7) is 5.47. The quantitative estimate of drug-likeness (QED) is 0.631. The van der Waals surface area contributed by atoms with Crippen molar-refractivity contribution >= 4 is 27.7 Å². The largest absolute Gasteiger partial charge is 0.338 e. The smallest absolute Gasteiger partial charge is 0.291 e. The minimum Gasteiger partial charge on any atom is -0.338 e. The Morgan fingerprint density at radius 1 is 1.06 bits per heavy atom. The minimum absolute atomic E-state index is 0.123. The van der Waals surface area contributed by atoms with Crippen molar-refractivity contribution in [2.75, 3.05) is 26.2 Å². The van der Waals surface area contributed by atoms with Gasteiger partial charge in [-0.05, 0) is 25.3 Å². The molecular formula is C25H33N5O2. The Bertz CT molecular complexity index is 1180. The molecule has 170 valence electrons. The average Bonchev–Trinajstić information content (AvgIpc) is 3.17. The second kappa shape index (κ2) is 8.70. The Hall–Kier alpha value is -2.67. The highest BCUT2D eigenvalue weighted by molar-refractivity contribution is 6.08. The summed E-state index contributed by atoms with van der Waals surface area (Å²) in [7, 11) is 1.66. The van der Waals surface area contributed by atoms with Gasteiger partial charge in [-0.2, -0.15) is 5.10 Å². The first-order chi connectivity index (χ1) is 15.6. The van der Waals surface area contributed by atoms with E-state index >= 15 is 0 Å². The summed E-state index contributed by atoms with van der Waals surface area (Å²) in [5.74, 6) is 0.123. The molecule has 5 rings (SSSR count). The van der Waals surface area contributed by atoms with Crippen LogP contribution in [0.15, 0.2) is 35.3 Å². The number of benzene rings is 1. The number of nitrogens with zero attached hydrogens (tertiary/aromatic N) is 5. The van der Waals surface area contributed by atoms with Gasteiger partial charge < -0.3 is 9.47 Å². The van der Waals surface area contributed by atoms with Crippen LogP contribution in [0.3, 0.4) is 0 Å². The van der Waals surface area contributed by atoms with Gasteiger partial charge in [-0.3, -0.25) is 14.5 Å². The van der Waals surface area contributed by atoms with Crippen LogP contribution in [0, 0.1) is 0 Å². The average molecular weight is 436 g/mol. The zero-order chi connectivity index (χ0) is 22.2. The van der Waals surface area contributed by atoms with Crippen molar-refractivity contribution in [1.29, 1.82) is 0 Å². The predicted octanol–water partition coefficient (Wildman–Crippen LogP) is 3.32. The fourth-order valence-corrected chi connectivity index (χ4v) is 5.74. The van der Waals surface area contributed by atoms with E-state index in [-0.39, 0.29) is 11.5 Å². The maximum Gasteiger partial charge on any atom is 0.291 e. The van der Waals surface area contributed by atoms with Gasteiger partial charge in [0.1, 0.15) is 11.6 Å². The number of hydrogen-bond donors (Lipinski definition) is 0. The van der Waals surface area contributed by atoms with Gasteiger partial charge in [0.15, 0.2) is 0 Å². The van der Waals surface area contributed by atoms with Crippen LogP contribution in [0.25, 0.3) is 21.8 Å². The monoisotopic (exact) mass is 435 g/mol. The number of hydrogen-bond acceptors (Lipinski definition) is 4. The minimum atomic E-state index is -0.395. The van der Waals surface area contributed by atoms with E-state index in [9.17, 15) is 9.59 Å². The van der Waals surface area contributed by atoms with E-state index in [0.29, 0.717) is 18.0 Å². The normalized spacial score (nSPS) is 19.6. The standard InChI is InChI=1S/C25H33N5O2/c1-3-21(24(31)29-15-13-28(14-16-29)18-9-5-4-6-10-18)30-22-12-8-7-11-19(22)20-17-26-27(2)25(32)23(20)30/h7-8,11-12,17-18,21H,3-6,9-10,13-16H2,1-2H3. The summed E-state index contributed by atoms with van der Waals surface area (Å²) >= 11 is 0. The third-order valence-corrected chi connectivity index (χ3v) is 7.51. The maximum atomic E-state index is 13.8. The Labute approximate surface area is 188 Å². The van der Waals surface area contributed by atoms with Crippen molar-refractivity contribution in [3.63, 3.8) is 0 Å². The summed E-state index contributed by atoms with van der Waals surface area (Å²) in [6.07, 6.45) is 9.00. The SMILES string of the molecule is CCC(C(=O)N1CCN(C2CCCCC2)CC1)n1c2ccccc2c2cnn(C)c(=O)c21. The fraction of sp³-hybridized carbons (Fsp3) is 0.560. The van der Waals surface area contributed by atoms with E-state index in [2.05, 4.69) is 10.00 Å². The van der Waals surface area contributed by atoms with Crippen molar-refractivity contribution in [1.82, 2.24) is 24.1 Å². The lowest BCUT2D eigenvalue weighted by Crippen LogP contribution is -2.53. The number of aromatic nitrogens is 3. The van der Waals surface area contributed by atoms with Crippen LogP contribution in [0.2, 0.25) is 0 Å². The van der Waals surface area contributed by atoms with Gasteiger partial charge in [-0.15, -0.1) is 0 Å². The number of fused-ring (bicyclic) bond motifs is 3. The number of amides is 1. The van der Waals surface area contributed by atoms with Crippen LogP contribution in [0.1, 0.15) is 51.5 Å². The molecule has 2 aromatic heterocycles. The summed E-state index contributed by atoms with van der Waals surface area (Å²) in [6, 6.07) is 8.25. The number of para-hydroxylation sites is 1. The van der Waals surface area contributed by atoms with E-state index in [4.69, 9.17) is 0 Å². The van der Waals surface area contributed by atoms with Gasteiger partial charge in [0, 0.05) is 50.0 Å². The lowest BCUT2D eigenvalue weighted by molar-refractivity contribution is -0.136. The number of carbonyl (C=O) groups excluding carboxylic acids is 1. The molecule has 0 N–H and O–H groups in total. The van der Waals surface area contributed by atoms with Crippen LogP contribution >= 0.6 is 0 Å². The van der Waals surface area contributed by atoms with E-state index < -0.39 is 6.04 Å². The van der Waals surface area contributed by atoms with Crippen LogP contribution in [-0.2, 0) is 11.8 Å². The van der Waals surface area contributed by atoms with Crippen LogP contribution < -0.4 is 5.56 Å². The van der Waals surface area contributed by atoms with E-state index in [1.54, 1.807) is 13.2 Å². The molecule has 1 atom stereocenters. The van der Waals surface area contributed by atoms with Crippen molar-refractivity contribution in [2.24, 2.45) is 7.05 Å². The molecule has 1 aromatic carbocycles. The first-order valence-corrected chi connectivity index (χ1v) is 12.1. The van der Waals surface area contributed by atoms with Crippen LogP contribution in [0.5, 0.6) is 0 Å². The van der Waals surface area contributed by atoms with Crippen LogP contribution in [0.4, 0.5) is 0 Å². The van der Waals surface area contributed by atoms with Crippen molar-refractivity contribution in [3.8, 4) is 0 Å². The number of carbonyl (C=O) groups is 1. The molecule has 1 aliphatic carbocycles. The van der Waals surface area contributed by atoms with Gasteiger partial charge >= 0.3 is 0 Å². The van der Waals surface area contributed by atoms with Crippen molar-refractivity contribution in [2.45, 2.75) is 57.5 Å². The topological polar surface area (TPSA) is 63.4 Å². The Morgan fingerprint density at radius 2 is 1.78 bits per heavy atom. The Kier molecular flexibility index (Phi) is 5.76. The molecule has 1 amide bonds. The molecule has 3 heterocycles. The van der Waals surface area contributed by atoms with Gasteiger partial charge in [0.05, 0.1) is 11.7 Å². The summed E-state index contributed by atoms with van der Waals surface area (Å²) in [5, 5.41) is 6.02. The van der Waals surface area contributed by atoms with E-state index in [1.165, 1.54) is 36.8 Å². The Morgan fingerprint density at radius 3 is 2.50 bits per heavy atom. The molecule has 2 fully saturated rings. The number of aryl methyl sites for hydroxylation is 1. The Balaban J connectivity index is 1.47. The second-order valence-corrected chi connectivity index (χ2v) is 9.30. The zero-order valence-corrected chi connectivity index (χ0v) is 19.2. The molecular weight excluding hydrogens is 402 g/mol. The molecule has 7 heteroatoms. The zero-order valence-electron chi connectivity index (χ0n) is 19.2. The summed E-state index contributed by atoms with van der Waals surface area (Å²) in [4.78, 5) is 31.5.